The van der Waals surface area contributed by atoms with E-state index in [4.69, 9.17) is 0 Å². The van der Waals surface area contributed by atoms with Crippen LogP contribution < -0.4 is 0 Å². The van der Waals surface area contributed by atoms with Crippen LogP contribution in [-0.2, 0) is 7.05 Å². The molecule has 0 aliphatic rings. The molecule has 0 saturated carbocycles. The topological polar surface area (TPSA) is 34.9 Å². The molecule has 2 aromatic rings. The molecule has 88 valence electrons. The molecular weight excluding hydrogens is 232 g/mol. The molecule has 0 N–H and O–H groups in total. The second-order valence-electron chi connectivity index (χ2n) is 3.90. The van der Waals surface area contributed by atoms with Crippen molar-refractivity contribution in [1.82, 2.24) is 9.78 Å². The normalized spacial score (nSPS) is 10.5. The maximum Gasteiger partial charge on any atom is 0.193 e. The van der Waals surface area contributed by atoms with Crippen LogP contribution in [0.2, 0.25) is 0 Å². The summed E-state index contributed by atoms with van der Waals surface area (Å²) < 4.78 is 1.64. The Labute approximate surface area is 105 Å². The third-order valence-electron chi connectivity index (χ3n) is 2.39. The van der Waals surface area contributed by atoms with Gasteiger partial charge in [-0.2, -0.15) is 5.10 Å². The lowest BCUT2D eigenvalue weighted by Crippen LogP contribution is -2.04. The predicted octanol–water partition coefficient (Wildman–Crippen LogP) is 2.70. The summed E-state index contributed by atoms with van der Waals surface area (Å²) in [6.45, 7) is 2.05. The van der Waals surface area contributed by atoms with Crippen LogP contribution in [0.25, 0.3) is 0 Å². The van der Waals surface area contributed by atoms with Gasteiger partial charge in [-0.15, -0.1) is 11.8 Å². The van der Waals surface area contributed by atoms with Crippen LogP contribution in [0.3, 0.4) is 0 Å². The molecule has 4 heteroatoms. The zero-order chi connectivity index (χ0) is 12.3. The number of aromatic nitrogens is 2. The highest BCUT2D eigenvalue weighted by molar-refractivity contribution is 8.00. The zero-order valence-corrected chi connectivity index (χ0v) is 10.7. The minimum Gasteiger partial charge on any atom is -0.291 e. The Morgan fingerprint density at radius 3 is 2.59 bits per heavy atom. The molecule has 17 heavy (non-hydrogen) atoms. The molecule has 1 aromatic carbocycles. The summed E-state index contributed by atoms with van der Waals surface area (Å²) in [6, 6.07) is 9.91. The fourth-order valence-corrected chi connectivity index (χ4v) is 2.20. The number of thioether (sulfide) groups is 1. The number of benzene rings is 1. The van der Waals surface area contributed by atoms with Gasteiger partial charge in [0.15, 0.2) is 5.78 Å². The summed E-state index contributed by atoms with van der Waals surface area (Å²) in [4.78, 5) is 12.9. The highest BCUT2D eigenvalue weighted by Crippen LogP contribution is 2.19. The summed E-state index contributed by atoms with van der Waals surface area (Å²) in [5.74, 6) is 0.497. The molecule has 0 bridgehead atoms. The van der Waals surface area contributed by atoms with E-state index in [1.54, 1.807) is 28.7 Å². The molecule has 1 heterocycles. The Bertz CT molecular complexity index is 516. The molecule has 2 rings (SSSR count). The fourth-order valence-electron chi connectivity index (χ4n) is 1.42. The maximum atomic E-state index is 11.8. The average molecular weight is 246 g/mol. The first-order valence-corrected chi connectivity index (χ1v) is 6.36. The van der Waals surface area contributed by atoms with E-state index in [2.05, 4.69) is 5.10 Å². The van der Waals surface area contributed by atoms with Crippen molar-refractivity contribution >= 4 is 17.5 Å². The van der Waals surface area contributed by atoms with E-state index in [0.29, 0.717) is 11.4 Å². The van der Waals surface area contributed by atoms with E-state index in [9.17, 15) is 4.79 Å². The maximum absolute atomic E-state index is 11.8. The van der Waals surface area contributed by atoms with Gasteiger partial charge in [-0.3, -0.25) is 9.48 Å². The smallest absolute Gasteiger partial charge is 0.193 e. The number of nitrogens with zero attached hydrogens (tertiary/aromatic N) is 2. The monoisotopic (exact) mass is 246 g/mol. The number of hydrogen-bond donors (Lipinski definition) is 0. The largest absolute Gasteiger partial charge is 0.291 e. The van der Waals surface area contributed by atoms with Gasteiger partial charge in [-0.25, -0.2) is 0 Å². The van der Waals surface area contributed by atoms with Crippen molar-refractivity contribution in [2.45, 2.75) is 11.8 Å². The van der Waals surface area contributed by atoms with Gasteiger partial charge in [0.25, 0.3) is 0 Å². The molecule has 3 nitrogen and oxygen atoms in total. The second kappa shape index (κ2) is 5.19. The van der Waals surface area contributed by atoms with Crippen molar-refractivity contribution in [3.8, 4) is 0 Å². The summed E-state index contributed by atoms with van der Waals surface area (Å²) in [7, 11) is 1.81. The first-order chi connectivity index (χ1) is 8.15. The van der Waals surface area contributed by atoms with Crippen LogP contribution in [-0.4, -0.2) is 21.3 Å². The summed E-state index contributed by atoms with van der Waals surface area (Å²) in [5.41, 5.74) is 1.76. The van der Waals surface area contributed by atoms with Gasteiger partial charge in [-0.05, 0) is 25.1 Å². The van der Waals surface area contributed by atoms with E-state index in [-0.39, 0.29) is 5.78 Å². The van der Waals surface area contributed by atoms with Crippen molar-refractivity contribution in [3.05, 3.63) is 47.8 Å². The number of rotatable bonds is 4. The summed E-state index contributed by atoms with van der Waals surface area (Å²) in [5, 5.41) is 4.09. The molecule has 0 aliphatic carbocycles. The Balaban J connectivity index is 1.94. The van der Waals surface area contributed by atoms with Crippen molar-refractivity contribution < 1.29 is 4.79 Å². The van der Waals surface area contributed by atoms with E-state index in [1.807, 2.05) is 38.2 Å². The number of carbonyl (C=O) groups is 1. The molecule has 0 aliphatic heterocycles. The first-order valence-electron chi connectivity index (χ1n) is 5.37. The van der Waals surface area contributed by atoms with Crippen molar-refractivity contribution in [3.63, 3.8) is 0 Å². The third-order valence-corrected chi connectivity index (χ3v) is 3.40. The number of Topliss-reactive ketones (excluding diaryl/α,β-unsaturated/α-hetero) is 1. The Morgan fingerprint density at radius 2 is 2.00 bits per heavy atom. The molecule has 0 unspecified atom stereocenters. The van der Waals surface area contributed by atoms with Crippen LogP contribution in [0.1, 0.15) is 16.1 Å². The molecular formula is C13H14N2OS. The van der Waals surface area contributed by atoms with Gasteiger partial charge < -0.3 is 0 Å². The zero-order valence-electron chi connectivity index (χ0n) is 9.88. The fraction of sp³-hybridized carbons (Fsp3) is 0.231. The lowest BCUT2D eigenvalue weighted by atomic mass is 10.2. The third kappa shape index (κ3) is 3.20. The predicted molar refractivity (Wildman–Crippen MR) is 69.4 cm³/mol. The number of aryl methyl sites for hydroxylation is 2. The summed E-state index contributed by atoms with van der Waals surface area (Å²) in [6.07, 6.45) is 1.78. The lowest BCUT2D eigenvalue weighted by molar-refractivity contribution is 0.101. The molecule has 0 radical (unpaired) electrons. The van der Waals surface area contributed by atoms with Gasteiger partial charge in [0.05, 0.1) is 5.75 Å². The molecule has 0 atom stereocenters. The molecule has 1 aromatic heterocycles. The Kier molecular flexibility index (Phi) is 3.64. The average Bonchev–Trinajstić information content (AvgIpc) is 2.75. The SMILES string of the molecule is Cc1ccc(SCC(=O)c2ccn(C)n2)cc1. The lowest BCUT2D eigenvalue weighted by Gasteiger charge is -2.00. The van der Waals surface area contributed by atoms with Gasteiger partial charge in [0.1, 0.15) is 5.69 Å². The standard InChI is InChI=1S/C13H14N2OS/c1-10-3-5-11(6-4-10)17-9-13(16)12-7-8-15(2)14-12/h3-8H,9H2,1-2H3. The Hall–Kier alpha value is -1.55. The van der Waals surface area contributed by atoms with E-state index in [0.717, 1.165) is 4.90 Å². The van der Waals surface area contributed by atoms with E-state index >= 15 is 0 Å². The van der Waals surface area contributed by atoms with Gasteiger partial charge >= 0.3 is 0 Å². The molecule has 0 spiro atoms. The minimum atomic E-state index is 0.0659. The molecule has 0 saturated heterocycles. The van der Waals surface area contributed by atoms with Gasteiger partial charge in [0, 0.05) is 18.1 Å². The first kappa shape index (κ1) is 11.9. The van der Waals surface area contributed by atoms with Crippen LogP contribution >= 0.6 is 11.8 Å². The van der Waals surface area contributed by atoms with Crippen LogP contribution in [0.4, 0.5) is 0 Å². The van der Waals surface area contributed by atoms with Gasteiger partial charge in [0.2, 0.25) is 0 Å². The molecule has 0 amide bonds. The van der Waals surface area contributed by atoms with E-state index in [1.165, 1.54) is 5.56 Å². The molecule has 0 fully saturated rings. The highest BCUT2D eigenvalue weighted by atomic mass is 32.2. The van der Waals surface area contributed by atoms with Crippen LogP contribution in [0, 0.1) is 6.92 Å². The minimum absolute atomic E-state index is 0.0659. The van der Waals surface area contributed by atoms with Crippen LogP contribution in [0.5, 0.6) is 0 Å². The number of hydrogen-bond acceptors (Lipinski definition) is 3. The summed E-state index contributed by atoms with van der Waals surface area (Å²) >= 11 is 1.54. The number of carbonyl (C=O) groups excluding carboxylic acids is 1. The van der Waals surface area contributed by atoms with Crippen molar-refractivity contribution in [1.29, 1.82) is 0 Å². The van der Waals surface area contributed by atoms with E-state index < -0.39 is 0 Å². The highest BCUT2D eigenvalue weighted by Gasteiger charge is 2.09. The van der Waals surface area contributed by atoms with Gasteiger partial charge in [-0.1, -0.05) is 17.7 Å². The van der Waals surface area contributed by atoms with Crippen LogP contribution in [0.15, 0.2) is 41.4 Å². The second-order valence-corrected chi connectivity index (χ2v) is 4.95. The Morgan fingerprint density at radius 1 is 1.29 bits per heavy atom. The quantitative estimate of drug-likeness (QED) is 0.614. The van der Waals surface area contributed by atoms with Crippen molar-refractivity contribution in [2.24, 2.45) is 7.05 Å². The number of ketones is 1. The van der Waals surface area contributed by atoms with Crippen molar-refractivity contribution in [2.75, 3.05) is 5.75 Å².